The lowest BCUT2D eigenvalue weighted by molar-refractivity contribution is -0.147. The molecule has 0 aliphatic carbocycles. The highest BCUT2D eigenvalue weighted by Gasteiger charge is 2.26. The highest BCUT2D eigenvalue weighted by Crippen LogP contribution is 2.23. The molecule has 2 aromatic rings. The van der Waals surface area contributed by atoms with Crippen LogP contribution in [-0.4, -0.2) is 30.0 Å². The number of hydrogen-bond acceptors (Lipinski definition) is 5. The average Bonchev–Trinajstić information content (AvgIpc) is 2.65. The molecule has 1 N–H and O–H groups in total. The summed E-state index contributed by atoms with van der Waals surface area (Å²) in [5.74, 6) is -0.894. The van der Waals surface area contributed by atoms with E-state index in [0.717, 1.165) is 0 Å². The van der Waals surface area contributed by atoms with Crippen LogP contribution >= 0.6 is 0 Å². The molecule has 0 saturated heterocycles. The third kappa shape index (κ3) is 6.87. The Morgan fingerprint density at radius 3 is 2.07 bits per heavy atom. The van der Waals surface area contributed by atoms with Gasteiger partial charge in [-0.1, -0.05) is 60.7 Å². The van der Waals surface area contributed by atoms with E-state index in [-0.39, 0.29) is 18.7 Å². The number of nitrogens with one attached hydrogen (secondary N) is 1. The second-order valence-corrected chi connectivity index (χ2v) is 7.19. The minimum atomic E-state index is -1.04. The average molecular weight is 383 g/mol. The van der Waals surface area contributed by atoms with Crippen molar-refractivity contribution >= 4 is 17.8 Å². The fourth-order valence-corrected chi connectivity index (χ4v) is 2.43. The molecule has 148 valence electrons. The number of ketones is 1. The van der Waals surface area contributed by atoms with Crippen LogP contribution in [0.25, 0.3) is 0 Å². The Morgan fingerprint density at radius 2 is 1.50 bits per heavy atom. The molecule has 2 aromatic carbocycles. The van der Waals surface area contributed by atoms with E-state index in [1.807, 2.05) is 12.1 Å². The van der Waals surface area contributed by atoms with Gasteiger partial charge in [-0.2, -0.15) is 0 Å². The van der Waals surface area contributed by atoms with Crippen molar-refractivity contribution in [3.8, 4) is 0 Å². The smallest absolute Gasteiger partial charge is 0.407 e. The maximum atomic E-state index is 12.9. The van der Waals surface area contributed by atoms with Gasteiger partial charge < -0.3 is 14.8 Å². The first-order chi connectivity index (χ1) is 13.3. The molecule has 0 aliphatic rings. The molecule has 28 heavy (non-hydrogen) atoms. The Balaban J connectivity index is 2.00. The molecule has 2 rings (SSSR count). The normalized spacial score (nSPS) is 12.0. The summed E-state index contributed by atoms with van der Waals surface area (Å²) >= 11 is 0. The number of carbonyl (C=O) groups is 3. The fourth-order valence-electron chi connectivity index (χ4n) is 2.43. The van der Waals surface area contributed by atoms with Gasteiger partial charge in [0, 0.05) is 17.7 Å². The largest absolute Gasteiger partial charge is 0.449 e. The van der Waals surface area contributed by atoms with E-state index in [4.69, 9.17) is 9.47 Å². The number of hydrogen-bond donors (Lipinski definition) is 1. The van der Waals surface area contributed by atoms with E-state index in [2.05, 4.69) is 5.32 Å². The molecule has 0 radical (unpaired) electrons. The summed E-state index contributed by atoms with van der Waals surface area (Å²) in [6.07, 6.45) is -1.73. The van der Waals surface area contributed by atoms with Crippen LogP contribution in [0.15, 0.2) is 60.7 Å². The van der Waals surface area contributed by atoms with Crippen LogP contribution in [0.4, 0.5) is 4.79 Å². The lowest BCUT2D eigenvalue weighted by Gasteiger charge is -2.20. The van der Waals surface area contributed by atoms with Crippen LogP contribution in [0.5, 0.6) is 0 Å². The topological polar surface area (TPSA) is 81.7 Å². The minimum Gasteiger partial charge on any atom is -0.449 e. The van der Waals surface area contributed by atoms with Crippen LogP contribution in [0.2, 0.25) is 0 Å². The minimum absolute atomic E-state index is 0.0504. The number of alkyl carbamates (subject to hydrolysis) is 1. The van der Waals surface area contributed by atoms with Crippen molar-refractivity contribution in [3.63, 3.8) is 0 Å². The van der Waals surface area contributed by atoms with Crippen LogP contribution in [0.1, 0.15) is 49.2 Å². The second kappa shape index (κ2) is 9.69. The summed E-state index contributed by atoms with van der Waals surface area (Å²) in [5.41, 5.74) is 0.423. The van der Waals surface area contributed by atoms with E-state index in [9.17, 15) is 14.4 Å². The van der Waals surface area contributed by atoms with Crippen LogP contribution in [0, 0.1) is 0 Å². The predicted octanol–water partition coefficient (Wildman–Crippen LogP) is 4.07. The van der Waals surface area contributed by atoms with Crippen molar-refractivity contribution in [1.82, 2.24) is 5.32 Å². The van der Waals surface area contributed by atoms with Crippen LogP contribution in [0.3, 0.4) is 0 Å². The third-order valence-corrected chi connectivity index (χ3v) is 3.65. The molecule has 0 spiro atoms. The Hall–Kier alpha value is -3.15. The summed E-state index contributed by atoms with van der Waals surface area (Å²) in [7, 11) is 0. The lowest BCUT2D eigenvalue weighted by Crippen LogP contribution is -2.34. The molecule has 1 atom stereocenters. The van der Waals surface area contributed by atoms with Gasteiger partial charge in [0.05, 0.1) is 6.42 Å². The molecule has 6 nitrogen and oxygen atoms in total. The van der Waals surface area contributed by atoms with Crippen LogP contribution < -0.4 is 5.32 Å². The van der Waals surface area contributed by atoms with E-state index in [1.54, 1.807) is 69.3 Å². The van der Waals surface area contributed by atoms with Crippen LogP contribution in [-0.2, 0) is 14.3 Å². The number of ether oxygens (including phenoxy) is 2. The molecule has 0 heterocycles. The van der Waals surface area contributed by atoms with Gasteiger partial charge in [0.25, 0.3) is 0 Å². The molecule has 1 amide bonds. The summed E-state index contributed by atoms with van der Waals surface area (Å²) in [4.78, 5) is 36.8. The standard InChI is InChI=1S/C22H25NO5/c1-22(2,3)28-21(26)23-15-14-18(24)27-20(17-12-8-5-9-13-17)19(25)16-10-6-4-7-11-16/h4-13,20H,14-15H2,1-3H3,(H,23,26). The van der Waals surface area contributed by atoms with Crippen molar-refractivity contribution in [2.24, 2.45) is 0 Å². The molecule has 0 aliphatic heterocycles. The third-order valence-electron chi connectivity index (χ3n) is 3.65. The maximum Gasteiger partial charge on any atom is 0.407 e. The Labute approximate surface area is 164 Å². The van der Waals surface area contributed by atoms with Gasteiger partial charge in [-0.25, -0.2) is 4.79 Å². The molecule has 0 saturated carbocycles. The highest BCUT2D eigenvalue weighted by molar-refractivity contribution is 6.01. The van der Waals surface area contributed by atoms with Crippen molar-refractivity contribution < 1.29 is 23.9 Å². The molecule has 0 aromatic heterocycles. The zero-order valence-corrected chi connectivity index (χ0v) is 16.3. The zero-order valence-electron chi connectivity index (χ0n) is 16.3. The van der Waals surface area contributed by atoms with E-state index >= 15 is 0 Å². The summed E-state index contributed by atoms with van der Waals surface area (Å²) in [6.45, 7) is 5.30. The Morgan fingerprint density at radius 1 is 0.929 bits per heavy atom. The van der Waals surface area contributed by atoms with Crippen molar-refractivity contribution in [3.05, 3.63) is 71.8 Å². The summed E-state index contributed by atoms with van der Waals surface area (Å²) in [6, 6.07) is 17.5. The first-order valence-corrected chi connectivity index (χ1v) is 9.07. The predicted molar refractivity (Wildman–Crippen MR) is 105 cm³/mol. The van der Waals surface area contributed by atoms with Gasteiger partial charge in [-0.05, 0) is 20.8 Å². The van der Waals surface area contributed by atoms with Gasteiger partial charge in [-0.3, -0.25) is 9.59 Å². The van der Waals surface area contributed by atoms with Crippen molar-refractivity contribution in [2.45, 2.75) is 38.9 Å². The number of esters is 1. The molecule has 6 heteroatoms. The monoisotopic (exact) mass is 383 g/mol. The van der Waals surface area contributed by atoms with Gasteiger partial charge in [0.2, 0.25) is 5.78 Å². The van der Waals surface area contributed by atoms with Gasteiger partial charge in [0.15, 0.2) is 6.10 Å². The zero-order chi connectivity index (χ0) is 20.6. The number of benzene rings is 2. The first kappa shape index (κ1) is 21.2. The highest BCUT2D eigenvalue weighted by atomic mass is 16.6. The number of rotatable bonds is 7. The molecule has 1 unspecified atom stereocenters. The summed E-state index contributed by atoms with van der Waals surface area (Å²) < 4.78 is 10.6. The molecule has 0 bridgehead atoms. The van der Waals surface area contributed by atoms with Gasteiger partial charge >= 0.3 is 12.1 Å². The molecular formula is C22H25NO5. The van der Waals surface area contributed by atoms with Gasteiger partial charge in [-0.15, -0.1) is 0 Å². The van der Waals surface area contributed by atoms with E-state index < -0.39 is 23.8 Å². The Bertz CT molecular complexity index is 797. The maximum absolute atomic E-state index is 12.9. The quantitative estimate of drug-likeness (QED) is 0.576. The van der Waals surface area contributed by atoms with Crippen molar-refractivity contribution in [2.75, 3.05) is 6.54 Å². The Kier molecular flexibility index (Phi) is 7.32. The summed E-state index contributed by atoms with van der Waals surface area (Å²) in [5, 5.41) is 2.50. The SMILES string of the molecule is CC(C)(C)OC(=O)NCCC(=O)OC(C(=O)c1ccccc1)c1ccccc1. The molecule has 0 fully saturated rings. The van der Waals surface area contributed by atoms with E-state index in [0.29, 0.717) is 11.1 Å². The number of carbonyl (C=O) groups excluding carboxylic acids is 3. The van der Waals surface area contributed by atoms with E-state index in [1.165, 1.54) is 0 Å². The van der Waals surface area contributed by atoms with Gasteiger partial charge in [0.1, 0.15) is 5.60 Å². The fraction of sp³-hybridized carbons (Fsp3) is 0.318. The number of amides is 1. The number of Topliss-reactive ketones (excluding diaryl/α,β-unsaturated/α-hetero) is 1. The van der Waals surface area contributed by atoms with Crippen molar-refractivity contribution in [1.29, 1.82) is 0 Å². The second-order valence-electron chi connectivity index (χ2n) is 7.19. The molecular weight excluding hydrogens is 358 g/mol. The lowest BCUT2D eigenvalue weighted by atomic mass is 10.00. The first-order valence-electron chi connectivity index (χ1n) is 9.07.